The molecular weight excluding hydrogens is 279 g/mol. The van der Waals surface area contributed by atoms with E-state index in [1.54, 1.807) is 12.1 Å². The zero-order valence-corrected chi connectivity index (χ0v) is 12.4. The molecule has 1 aromatic carbocycles. The summed E-state index contributed by atoms with van der Waals surface area (Å²) in [5.41, 5.74) is 0.967. The van der Waals surface area contributed by atoms with Crippen LogP contribution in [0.4, 0.5) is 13.2 Å². The van der Waals surface area contributed by atoms with Gasteiger partial charge in [-0.25, -0.2) is 0 Å². The molecule has 1 fully saturated rings. The zero-order valence-electron chi connectivity index (χ0n) is 12.4. The van der Waals surface area contributed by atoms with Crippen LogP contribution in [0.1, 0.15) is 51.1 Å². The minimum atomic E-state index is -4.64. The minimum Gasteiger partial charge on any atom is -0.406 e. The van der Waals surface area contributed by atoms with E-state index in [1.807, 2.05) is 6.92 Å². The monoisotopic (exact) mass is 301 g/mol. The Morgan fingerprint density at radius 3 is 2.19 bits per heavy atom. The maximum atomic E-state index is 12.1. The molecule has 0 bridgehead atoms. The first-order valence-corrected chi connectivity index (χ1v) is 7.47. The minimum absolute atomic E-state index is 0.112. The molecule has 1 N–H and O–H groups in total. The Bertz CT molecular complexity index is 438. The molecule has 0 aromatic heterocycles. The lowest BCUT2D eigenvalue weighted by molar-refractivity contribution is -0.274. The Kier molecular flexibility index (Phi) is 5.14. The number of halogens is 3. The zero-order chi connectivity index (χ0) is 15.5. The van der Waals surface area contributed by atoms with Gasteiger partial charge in [0.1, 0.15) is 5.75 Å². The van der Waals surface area contributed by atoms with Crippen molar-refractivity contribution in [2.45, 2.75) is 58.0 Å². The molecule has 0 radical (unpaired) electrons. The molecule has 5 heteroatoms. The van der Waals surface area contributed by atoms with E-state index >= 15 is 0 Å². The van der Waals surface area contributed by atoms with Gasteiger partial charge in [-0.05, 0) is 50.3 Å². The second kappa shape index (κ2) is 6.69. The Morgan fingerprint density at radius 1 is 1.10 bits per heavy atom. The average Bonchev–Trinajstić information content (AvgIpc) is 2.91. The van der Waals surface area contributed by atoms with Crippen molar-refractivity contribution in [3.05, 3.63) is 29.8 Å². The van der Waals surface area contributed by atoms with E-state index < -0.39 is 6.36 Å². The summed E-state index contributed by atoms with van der Waals surface area (Å²) in [6, 6.07) is 6.62. The van der Waals surface area contributed by atoms with Gasteiger partial charge >= 0.3 is 6.36 Å². The van der Waals surface area contributed by atoms with E-state index in [0.29, 0.717) is 12.0 Å². The van der Waals surface area contributed by atoms with Crippen molar-refractivity contribution in [1.29, 1.82) is 0 Å². The van der Waals surface area contributed by atoms with Crippen molar-refractivity contribution in [1.82, 2.24) is 5.32 Å². The molecule has 2 rings (SSSR count). The van der Waals surface area contributed by atoms with E-state index in [9.17, 15) is 13.2 Å². The highest BCUT2D eigenvalue weighted by molar-refractivity contribution is 5.29. The van der Waals surface area contributed by atoms with Crippen LogP contribution in [-0.2, 0) is 0 Å². The molecule has 2 nitrogen and oxygen atoms in total. The summed E-state index contributed by atoms with van der Waals surface area (Å²) in [5.74, 6) is 0.530. The van der Waals surface area contributed by atoms with Crippen LogP contribution in [0.2, 0.25) is 0 Å². The van der Waals surface area contributed by atoms with Crippen LogP contribution in [0.3, 0.4) is 0 Å². The first kappa shape index (κ1) is 16.1. The van der Waals surface area contributed by atoms with Gasteiger partial charge in [0.05, 0.1) is 0 Å². The van der Waals surface area contributed by atoms with Crippen LogP contribution >= 0.6 is 0 Å². The number of hydrogen-bond acceptors (Lipinski definition) is 2. The summed E-state index contributed by atoms with van der Waals surface area (Å²) in [6.45, 7) is 4.22. The van der Waals surface area contributed by atoms with E-state index in [-0.39, 0.29) is 11.8 Å². The number of alkyl halides is 3. The maximum absolute atomic E-state index is 12.1. The van der Waals surface area contributed by atoms with Gasteiger partial charge in [0, 0.05) is 12.1 Å². The number of nitrogens with one attached hydrogen (secondary N) is 1. The van der Waals surface area contributed by atoms with E-state index in [0.717, 1.165) is 5.56 Å². The standard InChI is InChI=1S/C16H22F3NO/c1-11(13-5-3-4-6-13)20-12(2)14-7-9-15(10-8-14)21-16(17,18)19/h7-13,20H,3-6H2,1-2H3/t11-,12?/m0/s1. The fraction of sp³-hybridized carbons (Fsp3) is 0.625. The summed E-state index contributed by atoms with van der Waals surface area (Å²) in [6.07, 6.45) is 0.490. The summed E-state index contributed by atoms with van der Waals surface area (Å²) < 4.78 is 40.2. The first-order chi connectivity index (χ1) is 9.85. The van der Waals surface area contributed by atoms with Crippen LogP contribution in [-0.4, -0.2) is 12.4 Å². The molecule has 0 saturated heterocycles. The Hall–Kier alpha value is -1.23. The van der Waals surface area contributed by atoms with Gasteiger partial charge < -0.3 is 10.1 Å². The van der Waals surface area contributed by atoms with Crippen LogP contribution in [0.15, 0.2) is 24.3 Å². The van der Waals surface area contributed by atoms with Crippen molar-refractivity contribution >= 4 is 0 Å². The summed E-state index contributed by atoms with van der Waals surface area (Å²) in [5, 5.41) is 3.54. The second-order valence-corrected chi connectivity index (χ2v) is 5.84. The van der Waals surface area contributed by atoms with Gasteiger partial charge in [0.15, 0.2) is 0 Å². The van der Waals surface area contributed by atoms with Crippen molar-refractivity contribution in [2.75, 3.05) is 0 Å². The van der Waals surface area contributed by atoms with E-state index in [4.69, 9.17) is 0 Å². The smallest absolute Gasteiger partial charge is 0.406 e. The number of rotatable bonds is 5. The highest BCUT2D eigenvalue weighted by Crippen LogP contribution is 2.29. The third-order valence-corrected chi connectivity index (χ3v) is 4.23. The lowest BCUT2D eigenvalue weighted by Crippen LogP contribution is -2.34. The van der Waals surface area contributed by atoms with Crippen molar-refractivity contribution < 1.29 is 17.9 Å². The molecule has 0 spiro atoms. The molecule has 1 saturated carbocycles. The third-order valence-electron chi connectivity index (χ3n) is 4.23. The lowest BCUT2D eigenvalue weighted by Gasteiger charge is -2.25. The van der Waals surface area contributed by atoms with Crippen LogP contribution in [0.5, 0.6) is 5.75 Å². The molecule has 0 amide bonds. The normalized spacial score (nSPS) is 19.5. The number of ether oxygens (including phenoxy) is 1. The molecule has 0 aliphatic heterocycles. The van der Waals surface area contributed by atoms with Gasteiger partial charge in [0.2, 0.25) is 0 Å². The second-order valence-electron chi connectivity index (χ2n) is 5.84. The Labute approximate surface area is 123 Å². The van der Waals surface area contributed by atoms with Crippen molar-refractivity contribution in [2.24, 2.45) is 5.92 Å². The van der Waals surface area contributed by atoms with E-state index in [1.165, 1.54) is 37.8 Å². The third kappa shape index (κ3) is 4.92. The Balaban J connectivity index is 1.91. The summed E-state index contributed by atoms with van der Waals surface area (Å²) >= 11 is 0. The predicted molar refractivity (Wildman–Crippen MR) is 76.1 cm³/mol. The Morgan fingerprint density at radius 2 is 1.67 bits per heavy atom. The van der Waals surface area contributed by atoms with E-state index in [2.05, 4.69) is 17.0 Å². The largest absolute Gasteiger partial charge is 0.573 e. The summed E-state index contributed by atoms with van der Waals surface area (Å²) in [4.78, 5) is 0. The lowest BCUT2D eigenvalue weighted by atomic mass is 9.98. The van der Waals surface area contributed by atoms with Gasteiger partial charge in [-0.15, -0.1) is 13.2 Å². The predicted octanol–water partition coefficient (Wildman–Crippen LogP) is 4.81. The molecular formula is C16H22F3NO. The molecule has 0 heterocycles. The SMILES string of the molecule is CC(N[C@@H](C)C1CCCC1)c1ccc(OC(F)(F)F)cc1. The molecule has 2 atom stereocenters. The highest BCUT2D eigenvalue weighted by atomic mass is 19.4. The highest BCUT2D eigenvalue weighted by Gasteiger charge is 2.31. The van der Waals surface area contributed by atoms with Crippen LogP contribution < -0.4 is 10.1 Å². The van der Waals surface area contributed by atoms with Crippen molar-refractivity contribution in [3.8, 4) is 5.75 Å². The maximum Gasteiger partial charge on any atom is 0.573 e. The molecule has 118 valence electrons. The van der Waals surface area contributed by atoms with Gasteiger partial charge in [0.25, 0.3) is 0 Å². The first-order valence-electron chi connectivity index (χ1n) is 7.47. The fourth-order valence-electron chi connectivity index (χ4n) is 3.04. The van der Waals surface area contributed by atoms with Crippen LogP contribution in [0, 0.1) is 5.92 Å². The molecule has 21 heavy (non-hydrogen) atoms. The number of hydrogen-bond donors (Lipinski definition) is 1. The quantitative estimate of drug-likeness (QED) is 0.842. The number of benzene rings is 1. The van der Waals surface area contributed by atoms with Gasteiger partial charge in [-0.1, -0.05) is 25.0 Å². The van der Waals surface area contributed by atoms with Crippen LogP contribution in [0.25, 0.3) is 0 Å². The molecule has 1 unspecified atom stereocenters. The van der Waals surface area contributed by atoms with Gasteiger partial charge in [-0.3, -0.25) is 0 Å². The van der Waals surface area contributed by atoms with Crippen molar-refractivity contribution in [3.63, 3.8) is 0 Å². The fourth-order valence-corrected chi connectivity index (χ4v) is 3.04. The molecule has 1 aliphatic rings. The van der Waals surface area contributed by atoms with Gasteiger partial charge in [-0.2, -0.15) is 0 Å². The topological polar surface area (TPSA) is 21.3 Å². The molecule has 1 aromatic rings. The molecule has 1 aliphatic carbocycles. The average molecular weight is 301 g/mol. The summed E-state index contributed by atoms with van der Waals surface area (Å²) in [7, 11) is 0.